The number of carbonyl (C=O) groups excluding carboxylic acids is 1. The van der Waals surface area contributed by atoms with Crippen molar-refractivity contribution in [1.29, 1.82) is 0 Å². The first kappa shape index (κ1) is 18.5. The van der Waals surface area contributed by atoms with Gasteiger partial charge in [-0.1, -0.05) is 24.3 Å². The summed E-state index contributed by atoms with van der Waals surface area (Å²) in [6, 6.07) is 11.3. The first-order valence-corrected chi connectivity index (χ1v) is 8.37. The number of hydrogen-bond acceptors (Lipinski definition) is 4. The van der Waals surface area contributed by atoms with Crippen molar-refractivity contribution >= 4 is 39.7 Å². The smallest absolute Gasteiger partial charge is 0.290 e. The number of aromatic nitrogens is 2. The quantitative estimate of drug-likeness (QED) is 0.462. The molecule has 9 heteroatoms. The van der Waals surface area contributed by atoms with Gasteiger partial charge in [0.2, 0.25) is 0 Å². The summed E-state index contributed by atoms with van der Waals surface area (Å²) in [6.45, 7) is 1.65. The monoisotopic (exact) mass is 385 g/mol. The SMILES string of the molecule is Cc1ccc(NC(=S)NNC(=O)c2nn(C)c(=O)c3ccccc23)cc1F. The van der Waals surface area contributed by atoms with Crippen LogP contribution in [0.1, 0.15) is 16.1 Å². The number of nitrogens with zero attached hydrogens (tertiary/aromatic N) is 2. The molecule has 1 heterocycles. The van der Waals surface area contributed by atoms with Gasteiger partial charge in [-0.3, -0.25) is 20.4 Å². The Morgan fingerprint density at radius 2 is 1.85 bits per heavy atom. The number of nitrogens with one attached hydrogen (secondary N) is 3. The van der Waals surface area contributed by atoms with Crippen LogP contribution in [-0.2, 0) is 7.05 Å². The van der Waals surface area contributed by atoms with Gasteiger partial charge in [0.05, 0.1) is 5.39 Å². The number of thiocarbonyl (C=S) groups is 1. The van der Waals surface area contributed by atoms with Crippen molar-refractivity contribution in [3.05, 3.63) is 69.9 Å². The highest BCUT2D eigenvalue weighted by Crippen LogP contribution is 2.14. The van der Waals surface area contributed by atoms with Gasteiger partial charge in [-0.25, -0.2) is 9.07 Å². The molecule has 0 bridgehead atoms. The zero-order chi connectivity index (χ0) is 19.6. The molecule has 3 N–H and O–H groups in total. The Hall–Kier alpha value is -3.33. The summed E-state index contributed by atoms with van der Waals surface area (Å²) in [5, 5.41) is 7.67. The van der Waals surface area contributed by atoms with Crippen LogP contribution in [0, 0.1) is 12.7 Å². The van der Waals surface area contributed by atoms with Crippen LogP contribution in [0.2, 0.25) is 0 Å². The van der Waals surface area contributed by atoms with Gasteiger partial charge in [0.25, 0.3) is 11.5 Å². The summed E-state index contributed by atoms with van der Waals surface area (Å²) in [7, 11) is 1.47. The Balaban J connectivity index is 1.73. The highest BCUT2D eigenvalue weighted by molar-refractivity contribution is 7.80. The first-order valence-electron chi connectivity index (χ1n) is 7.96. The lowest BCUT2D eigenvalue weighted by molar-refractivity contribution is 0.0939. The Labute approximate surface area is 159 Å². The summed E-state index contributed by atoms with van der Waals surface area (Å²) in [5.41, 5.74) is 5.68. The number of anilines is 1. The van der Waals surface area contributed by atoms with Crippen LogP contribution >= 0.6 is 12.2 Å². The molecule has 2 aromatic carbocycles. The topological polar surface area (TPSA) is 88.0 Å². The van der Waals surface area contributed by atoms with Crippen LogP contribution in [0.25, 0.3) is 10.8 Å². The summed E-state index contributed by atoms with van der Waals surface area (Å²) >= 11 is 5.09. The average Bonchev–Trinajstić information content (AvgIpc) is 2.66. The van der Waals surface area contributed by atoms with Gasteiger partial charge in [-0.2, -0.15) is 5.10 Å². The first-order chi connectivity index (χ1) is 12.9. The fourth-order valence-electron chi connectivity index (χ4n) is 2.47. The lowest BCUT2D eigenvalue weighted by atomic mass is 10.1. The minimum Gasteiger partial charge on any atom is -0.331 e. The largest absolute Gasteiger partial charge is 0.331 e. The van der Waals surface area contributed by atoms with Crippen molar-refractivity contribution in [2.45, 2.75) is 6.92 Å². The molecule has 7 nitrogen and oxygen atoms in total. The van der Waals surface area contributed by atoms with E-state index in [1.54, 1.807) is 43.3 Å². The number of rotatable bonds is 2. The molecule has 1 amide bonds. The lowest BCUT2D eigenvalue weighted by Crippen LogP contribution is -2.44. The third kappa shape index (κ3) is 3.93. The summed E-state index contributed by atoms with van der Waals surface area (Å²) in [5.74, 6) is -0.936. The number of aryl methyl sites for hydroxylation is 2. The molecule has 27 heavy (non-hydrogen) atoms. The van der Waals surface area contributed by atoms with E-state index < -0.39 is 5.91 Å². The van der Waals surface area contributed by atoms with E-state index in [2.05, 4.69) is 21.3 Å². The van der Waals surface area contributed by atoms with Gasteiger partial charge in [0.1, 0.15) is 5.82 Å². The van der Waals surface area contributed by atoms with Gasteiger partial charge in [0.15, 0.2) is 10.8 Å². The second kappa shape index (κ2) is 7.50. The molecule has 3 aromatic rings. The van der Waals surface area contributed by atoms with Crippen molar-refractivity contribution in [3.63, 3.8) is 0 Å². The molecular formula is C18H16FN5O2S. The van der Waals surface area contributed by atoms with Crippen molar-refractivity contribution in [2.24, 2.45) is 7.05 Å². The van der Waals surface area contributed by atoms with E-state index in [0.717, 1.165) is 4.68 Å². The van der Waals surface area contributed by atoms with E-state index in [1.165, 1.54) is 13.1 Å². The van der Waals surface area contributed by atoms with Crippen LogP contribution in [0.4, 0.5) is 10.1 Å². The van der Waals surface area contributed by atoms with E-state index in [4.69, 9.17) is 12.2 Å². The van der Waals surface area contributed by atoms with Crippen molar-refractivity contribution in [3.8, 4) is 0 Å². The molecule has 0 unspecified atom stereocenters. The molecule has 138 valence electrons. The Kier molecular flexibility index (Phi) is 5.13. The third-order valence-corrected chi connectivity index (χ3v) is 4.09. The maximum atomic E-state index is 13.6. The predicted molar refractivity (Wildman–Crippen MR) is 105 cm³/mol. The minimum absolute atomic E-state index is 0.0701. The number of fused-ring (bicyclic) bond motifs is 1. The number of hydrogen-bond donors (Lipinski definition) is 3. The molecule has 3 rings (SSSR count). The van der Waals surface area contributed by atoms with Crippen LogP contribution in [0.3, 0.4) is 0 Å². The number of benzene rings is 2. The van der Waals surface area contributed by atoms with E-state index >= 15 is 0 Å². The highest BCUT2D eigenvalue weighted by Gasteiger charge is 2.15. The van der Waals surface area contributed by atoms with Gasteiger partial charge >= 0.3 is 0 Å². The minimum atomic E-state index is -0.568. The summed E-state index contributed by atoms with van der Waals surface area (Å²) in [4.78, 5) is 24.6. The highest BCUT2D eigenvalue weighted by atomic mass is 32.1. The zero-order valence-corrected chi connectivity index (χ0v) is 15.4. The van der Waals surface area contributed by atoms with Crippen molar-refractivity contribution in [1.82, 2.24) is 20.6 Å². The molecule has 0 aliphatic heterocycles. The molecule has 0 saturated carbocycles. The molecule has 0 aliphatic carbocycles. The fourth-order valence-corrected chi connectivity index (χ4v) is 2.64. The van der Waals surface area contributed by atoms with E-state index in [-0.39, 0.29) is 22.2 Å². The number of amides is 1. The van der Waals surface area contributed by atoms with Gasteiger partial charge in [-0.05, 0) is 42.9 Å². The molecule has 1 aromatic heterocycles. The fraction of sp³-hybridized carbons (Fsp3) is 0.111. The molecular weight excluding hydrogens is 369 g/mol. The Bertz CT molecular complexity index is 1110. The van der Waals surface area contributed by atoms with Crippen LogP contribution in [-0.4, -0.2) is 20.8 Å². The van der Waals surface area contributed by atoms with E-state index in [0.29, 0.717) is 22.0 Å². The van der Waals surface area contributed by atoms with E-state index in [1.807, 2.05) is 0 Å². The number of carbonyl (C=O) groups is 1. The Morgan fingerprint density at radius 1 is 1.15 bits per heavy atom. The van der Waals surface area contributed by atoms with E-state index in [9.17, 15) is 14.0 Å². The maximum absolute atomic E-state index is 13.6. The maximum Gasteiger partial charge on any atom is 0.290 e. The second-order valence-corrected chi connectivity index (χ2v) is 6.23. The molecule has 0 fully saturated rings. The summed E-state index contributed by atoms with van der Waals surface area (Å²) < 4.78 is 14.7. The predicted octanol–water partition coefficient (Wildman–Crippen LogP) is 2.01. The molecule has 0 atom stereocenters. The molecule has 0 radical (unpaired) electrons. The number of hydrazine groups is 1. The van der Waals surface area contributed by atoms with Crippen LogP contribution in [0.15, 0.2) is 47.3 Å². The standard InChI is InChI=1S/C18H16FN5O2S/c1-10-7-8-11(9-14(10)19)20-18(27)22-21-16(25)15-12-5-3-4-6-13(12)17(26)24(2)23-15/h3-9H,1-2H3,(H,21,25)(H2,20,22,27). The third-order valence-electron chi connectivity index (χ3n) is 3.89. The van der Waals surface area contributed by atoms with Crippen LogP contribution in [0.5, 0.6) is 0 Å². The average molecular weight is 385 g/mol. The van der Waals surface area contributed by atoms with Gasteiger partial charge in [0, 0.05) is 18.1 Å². The van der Waals surface area contributed by atoms with Crippen molar-refractivity contribution < 1.29 is 9.18 Å². The lowest BCUT2D eigenvalue weighted by Gasteiger charge is -2.13. The molecule has 0 aliphatic rings. The normalized spacial score (nSPS) is 10.5. The van der Waals surface area contributed by atoms with Crippen LogP contribution < -0.4 is 21.7 Å². The van der Waals surface area contributed by atoms with Gasteiger partial charge in [-0.15, -0.1) is 0 Å². The Morgan fingerprint density at radius 3 is 2.56 bits per heavy atom. The zero-order valence-electron chi connectivity index (χ0n) is 14.5. The summed E-state index contributed by atoms with van der Waals surface area (Å²) in [6.07, 6.45) is 0. The molecule has 0 spiro atoms. The van der Waals surface area contributed by atoms with Crippen molar-refractivity contribution in [2.75, 3.05) is 5.32 Å². The number of halogens is 1. The van der Waals surface area contributed by atoms with Gasteiger partial charge < -0.3 is 5.32 Å². The molecule has 0 saturated heterocycles. The second-order valence-electron chi connectivity index (χ2n) is 5.82.